The van der Waals surface area contributed by atoms with Gasteiger partial charge in [0.15, 0.2) is 0 Å². The minimum atomic E-state index is -3.75. The second-order valence-corrected chi connectivity index (χ2v) is 9.09. The Morgan fingerprint density at radius 2 is 1.77 bits per heavy atom. The molecule has 0 aromatic heterocycles. The highest BCUT2D eigenvalue weighted by Crippen LogP contribution is 2.33. The summed E-state index contributed by atoms with van der Waals surface area (Å²) in [7, 11) is -0.825. The third-order valence-corrected chi connectivity index (χ3v) is 6.15. The molecule has 0 aliphatic carbocycles. The standard InChI is InChI=1S/C22H30N2O5S/c1-7-19(17-9-8-15(2)16(3)12-17)23-22(25)14-24(30(6,26)27)20-13-18(28-4)10-11-21(20)29-5/h8-13,19H,7,14H2,1-6H3,(H,23,25). The molecule has 1 atom stereocenters. The number of amides is 1. The lowest BCUT2D eigenvalue weighted by atomic mass is 9.99. The maximum atomic E-state index is 12.8. The van der Waals surface area contributed by atoms with Crippen LogP contribution in [0.15, 0.2) is 36.4 Å². The number of carbonyl (C=O) groups excluding carboxylic acids is 1. The molecular weight excluding hydrogens is 404 g/mol. The highest BCUT2D eigenvalue weighted by atomic mass is 32.2. The van der Waals surface area contributed by atoms with Crippen molar-refractivity contribution in [3.63, 3.8) is 0 Å². The second kappa shape index (κ2) is 9.84. The Morgan fingerprint density at radius 1 is 1.07 bits per heavy atom. The van der Waals surface area contributed by atoms with Gasteiger partial charge in [0.1, 0.15) is 18.0 Å². The third kappa shape index (κ3) is 5.66. The van der Waals surface area contributed by atoms with Crippen LogP contribution in [0.5, 0.6) is 11.5 Å². The molecule has 2 aromatic rings. The summed E-state index contributed by atoms with van der Waals surface area (Å²) in [5.41, 5.74) is 3.54. The summed E-state index contributed by atoms with van der Waals surface area (Å²) in [5.74, 6) is 0.382. The van der Waals surface area contributed by atoms with Gasteiger partial charge in [-0.25, -0.2) is 8.42 Å². The van der Waals surface area contributed by atoms with E-state index in [2.05, 4.69) is 5.32 Å². The van der Waals surface area contributed by atoms with Crippen LogP contribution in [-0.2, 0) is 14.8 Å². The van der Waals surface area contributed by atoms with E-state index >= 15 is 0 Å². The van der Waals surface area contributed by atoms with Gasteiger partial charge in [-0.1, -0.05) is 25.1 Å². The van der Waals surface area contributed by atoms with E-state index in [1.54, 1.807) is 12.1 Å². The lowest BCUT2D eigenvalue weighted by Crippen LogP contribution is -2.41. The van der Waals surface area contributed by atoms with E-state index in [0.29, 0.717) is 17.9 Å². The minimum Gasteiger partial charge on any atom is -0.497 e. The number of methoxy groups -OCH3 is 2. The Balaban J connectivity index is 2.31. The topological polar surface area (TPSA) is 84.9 Å². The molecule has 30 heavy (non-hydrogen) atoms. The Bertz CT molecular complexity index is 1000. The van der Waals surface area contributed by atoms with Crippen molar-refractivity contribution in [1.82, 2.24) is 5.32 Å². The number of rotatable bonds is 9. The largest absolute Gasteiger partial charge is 0.497 e. The maximum absolute atomic E-state index is 12.8. The molecule has 2 rings (SSSR count). The lowest BCUT2D eigenvalue weighted by Gasteiger charge is -2.26. The molecule has 1 N–H and O–H groups in total. The lowest BCUT2D eigenvalue weighted by molar-refractivity contribution is -0.120. The summed E-state index contributed by atoms with van der Waals surface area (Å²) >= 11 is 0. The van der Waals surface area contributed by atoms with Crippen LogP contribution in [0.3, 0.4) is 0 Å². The summed E-state index contributed by atoms with van der Waals surface area (Å²) in [6.45, 7) is 5.65. The number of benzene rings is 2. The van der Waals surface area contributed by atoms with Gasteiger partial charge in [-0.15, -0.1) is 0 Å². The first-order valence-electron chi connectivity index (χ1n) is 9.67. The summed E-state index contributed by atoms with van der Waals surface area (Å²) in [6, 6.07) is 10.6. The van der Waals surface area contributed by atoms with Crippen molar-refractivity contribution in [3.8, 4) is 11.5 Å². The first-order chi connectivity index (χ1) is 14.1. The summed E-state index contributed by atoms with van der Waals surface area (Å²) in [6.07, 6.45) is 1.73. The first kappa shape index (κ1) is 23.5. The summed E-state index contributed by atoms with van der Waals surface area (Å²) in [4.78, 5) is 12.8. The van der Waals surface area contributed by atoms with Gasteiger partial charge in [0, 0.05) is 6.07 Å². The molecule has 0 bridgehead atoms. The molecule has 0 aliphatic rings. The molecular formula is C22H30N2O5S. The fraction of sp³-hybridized carbons (Fsp3) is 0.409. The van der Waals surface area contributed by atoms with E-state index in [4.69, 9.17) is 9.47 Å². The number of hydrogen-bond donors (Lipinski definition) is 1. The molecule has 7 nitrogen and oxygen atoms in total. The number of anilines is 1. The number of sulfonamides is 1. The average Bonchev–Trinajstić information content (AvgIpc) is 2.71. The van der Waals surface area contributed by atoms with E-state index in [9.17, 15) is 13.2 Å². The Morgan fingerprint density at radius 3 is 2.30 bits per heavy atom. The Labute approximate surface area is 179 Å². The third-order valence-electron chi connectivity index (χ3n) is 5.02. The van der Waals surface area contributed by atoms with Crippen LogP contribution in [0.1, 0.15) is 36.1 Å². The van der Waals surface area contributed by atoms with Crippen molar-refractivity contribution in [1.29, 1.82) is 0 Å². The van der Waals surface area contributed by atoms with Crippen LogP contribution >= 0.6 is 0 Å². The molecule has 0 spiro atoms. The fourth-order valence-corrected chi connectivity index (χ4v) is 4.00. The van der Waals surface area contributed by atoms with Crippen LogP contribution < -0.4 is 19.1 Å². The van der Waals surface area contributed by atoms with Crippen LogP contribution in [0, 0.1) is 13.8 Å². The molecule has 2 aromatic carbocycles. The highest BCUT2D eigenvalue weighted by Gasteiger charge is 2.26. The van der Waals surface area contributed by atoms with Gasteiger partial charge in [-0.3, -0.25) is 9.10 Å². The number of hydrogen-bond acceptors (Lipinski definition) is 5. The Kier molecular flexibility index (Phi) is 7.72. The first-order valence-corrected chi connectivity index (χ1v) is 11.5. The zero-order valence-corrected chi connectivity index (χ0v) is 19.2. The van der Waals surface area contributed by atoms with Crippen LogP contribution in [0.25, 0.3) is 0 Å². The average molecular weight is 435 g/mol. The number of nitrogens with one attached hydrogen (secondary N) is 1. The van der Waals surface area contributed by atoms with Crippen molar-refractivity contribution < 1.29 is 22.7 Å². The van der Waals surface area contributed by atoms with Crippen LogP contribution in [0.2, 0.25) is 0 Å². The monoisotopic (exact) mass is 434 g/mol. The molecule has 0 heterocycles. The van der Waals surface area contributed by atoms with Crippen molar-refractivity contribution in [2.45, 2.75) is 33.2 Å². The van der Waals surface area contributed by atoms with E-state index in [-0.39, 0.29) is 18.3 Å². The van der Waals surface area contributed by atoms with Crippen LogP contribution in [0.4, 0.5) is 5.69 Å². The van der Waals surface area contributed by atoms with Gasteiger partial charge in [0.05, 0.1) is 32.2 Å². The highest BCUT2D eigenvalue weighted by molar-refractivity contribution is 7.92. The maximum Gasteiger partial charge on any atom is 0.241 e. The van der Waals surface area contributed by atoms with Crippen molar-refractivity contribution in [2.24, 2.45) is 0 Å². The fourth-order valence-electron chi connectivity index (χ4n) is 3.15. The normalized spacial score (nSPS) is 12.2. The number of aryl methyl sites for hydroxylation is 2. The Hall–Kier alpha value is -2.74. The van der Waals surface area contributed by atoms with Gasteiger partial charge in [-0.05, 0) is 49.1 Å². The van der Waals surface area contributed by atoms with E-state index < -0.39 is 15.9 Å². The van der Waals surface area contributed by atoms with Gasteiger partial charge in [0.25, 0.3) is 0 Å². The van der Waals surface area contributed by atoms with Crippen molar-refractivity contribution in [2.75, 3.05) is 31.3 Å². The van der Waals surface area contributed by atoms with Gasteiger partial charge in [0.2, 0.25) is 15.9 Å². The van der Waals surface area contributed by atoms with Gasteiger partial charge < -0.3 is 14.8 Å². The van der Waals surface area contributed by atoms with Gasteiger partial charge in [-0.2, -0.15) is 0 Å². The second-order valence-electron chi connectivity index (χ2n) is 7.18. The molecule has 164 valence electrons. The summed E-state index contributed by atoms with van der Waals surface area (Å²) in [5, 5.41) is 2.95. The summed E-state index contributed by atoms with van der Waals surface area (Å²) < 4.78 is 36.5. The predicted octanol–water partition coefficient (Wildman–Crippen LogP) is 3.35. The van der Waals surface area contributed by atoms with Crippen LogP contribution in [-0.4, -0.2) is 41.3 Å². The molecule has 0 saturated carbocycles. The number of carbonyl (C=O) groups is 1. The smallest absolute Gasteiger partial charge is 0.241 e. The van der Waals surface area contributed by atoms with Crippen molar-refractivity contribution >= 4 is 21.6 Å². The van der Waals surface area contributed by atoms with E-state index in [0.717, 1.165) is 21.7 Å². The zero-order chi connectivity index (χ0) is 22.5. The zero-order valence-electron chi connectivity index (χ0n) is 18.4. The molecule has 0 fully saturated rings. The minimum absolute atomic E-state index is 0.217. The molecule has 1 unspecified atom stereocenters. The SMILES string of the molecule is CCC(NC(=O)CN(c1cc(OC)ccc1OC)S(C)(=O)=O)c1ccc(C)c(C)c1. The number of nitrogens with zero attached hydrogens (tertiary/aromatic N) is 1. The molecule has 0 radical (unpaired) electrons. The number of ether oxygens (including phenoxy) is 2. The van der Waals surface area contributed by atoms with E-state index in [1.807, 2.05) is 39.0 Å². The predicted molar refractivity (Wildman–Crippen MR) is 119 cm³/mol. The molecule has 1 amide bonds. The van der Waals surface area contributed by atoms with Crippen molar-refractivity contribution in [3.05, 3.63) is 53.1 Å². The molecule has 0 aliphatic heterocycles. The molecule has 8 heteroatoms. The quantitative estimate of drug-likeness (QED) is 0.654. The van der Waals surface area contributed by atoms with E-state index in [1.165, 1.54) is 25.8 Å². The molecule has 0 saturated heterocycles. The van der Waals surface area contributed by atoms with Gasteiger partial charge >= 0.3 is 0 Å².